The minimum absolute atomic E-state index is 0.0748. The number of alkyl halides is 3. The Balaban J connectivity index is 2.09. The van der Waals surface area contributed by atoms with Crippen molar-refractivity contribution in [2.24, 2.45) is 0 Å². The molecule has 0 aromatic heterocycles. The molecule has 1 saturated heterocycles. The molecule has 1 aliphatic rings. The Morgan fingerprint density at radius 1 is 1.37 bits per heavy atom. The molecule has 19 heavy (non-hydrogen) atoms. The van der Waals surface area contributed by atoms with Gasteiger partial charge >= 0.3 is 6.18 Å². The minimum atomic E-state index is -4.48. The molecule has 1 atom stereocenters. The Labute approximate surface area is 107 Å². The maximum atomic E-state index is 12.5. The molecule has 1 aromatic carbocycles. The largest absolute Gasteiger partial charge is 0.416 e. The summed E-state index contributed by atoms with van der Waals surface area (Å²) in [5.74, 6) is -0.804. The highest BCUT2D eigenvalue weighted by Crippen LogP contribution is 2.29. The van der Waals surface area contributed by atoms with Gasteiger partial charge in [-0.05, 0) is 18.2 Å². The van der Waals surface area contributed by atoms with Crippen molar-refractivity contribution < 1.29 is 22.8 Å². The molecule has 0 bridgehead atoms. The Hall–Kier alpha value is -2.05. The van der Waals surface area contributed by atoms with Crippen molar-refractivity contribution in [3.05, 3.63) is 35.4 Å². The van der Waals surface area contributed by atoms with Crippen LogP contribution in [0.4, 0.5) is 13.2 Å². The van der Waals surface area contributed by atoms with Crippen LogP contribution >= 0.6 is 0 Å². The van der Waals surface area contributed by atoms with E-state index in [1.165, 1.54) is 12.1 Å². The van der Waals surface area contributed by atoms with Crippen molar-refractivity contribution in [1.29, 1.82) is 0 Å². The molecule has 1 fully saturated rings. The summed E-state index contributed by atoms with van der Waals surface area (Å²) in [6.45, 7) is 0.295. The van der Waals surface area contributed by atoms with E-state index in [4.69, 9.17) is 0 Å². The first-order valence-electron chi connectivity index (χ1n) is 5.61. The fourth-order valence-corrected chi connectivity index (χ4v) is 1.81. The van der Waals surface area contributed by atoms with Gasteiger partial charge < -0.3 is 10.6 Å². The maximum absolute atomic E-state index is 12.5. The highest BCUT2D eigenvalue weighted by molar-refractivity contribution is 5.95. The first kappa shape index (κ1) is 13.4. The lowest BCUT2D eigenvalue weighted by molar-refractivity contribution is -0.137. The molecular formula is C12H11F3N2O2. The molecule has 4 nitrogen and oxygen atoms in total. The monoisotopic (exact) mass is 272 g/mol. The van der Waals surface area contributed by atoms with E-state index >= 15 is 0 Å². The molecule has 2 amide bonds. The number of carbonyl (C=O) groups excluding carboxylic acids is 2. The molecule has 2 rings (SSSR count). The zero-order valence-corrected chi connectivity index (χ0v) is 9.75. The van der Waals surface area contributed by atoms with Gasteiger partial charge in [-0.25, -0.2) is 0 Å². The van der Waals surface area contributed by atoms with Gasteiger partial charge in [0, 0.05) is 18.5 Å². The number of rotatable bonds is 2. The van der Waals surface area contributed by atoms with E-state index in [-0.39, 0.29) is 23.9 Å². The number of benzene rings is 1. The van der Waals surface area contributed by atoms with Gasteiger partial charge in [0.1, 0.15) is 0 Å². The quantitative estimate of drug-likeness (QED) is 0.853. The lowest BCUT2D eigenvalue weighted by Crippen LogP contribution is -2.36. The van der Waals surface area contributed by atoms with Crippen molar-refractivity contribution in [3.8, 4) is 0 Å². The third-order valence-corrected chi connectivity index (χ3v) is 2.76. The zero-order valence-electron chi connectivity index (χ0n) is 9.75. The summed E-state index contributed by atoms with van der Waals surface area (Å²) in [4.78, 5) is 22.7. The number of carbonyl (C=O) groups is 2. The molecule has 2 N–H and O–H groups in total. The average Bonchev–Trinajstić information content (AvgIpc) is 2.74. The molecule has 1 aliphatic heterocycles. The predicted octanol–water partition coefficient (Wildman–Crippen LogP) is 1.32. The van der Waals surface area contributed by atoms with Crippen LogP contribution in [0.25, 0.3) is 0 Å². The second-order valence-corrected chi connectivity index (χ2v) is 4.26. The molecule has 1 heterocycles. The standard InChI is InChI=1S/C12H11F3N2O2/c13-12(14,15)8-3-1-2-7(4-8)11(19)17-9-5-10(18)16-6-9/h1-4,9H,5-6H2,(H,16,18)(H,17,19)/t9-/m0/s1. The molecule has 0 saturated carbocycles. The van der Waals surface area contributed by atoms with Gasteiger partial charge in [-0.2, -0.15) is 13.2 Å². The van der Waals surface area contributed by atoms with E-state index in [0.717, 1.165) is 12.1 Å². The third-order valence-electron chi connectivity index (χ3n) is 2.76. The van der Waals surface area contributed by atoms with E-state index in [9.17, 15) is 22.8 Å². The van der Waals surface area contributed by atoms with E-state index in [2.05, 4.69) is 10.6 Å². The van der Waals surface area contributed by atoms with Crippen LogP contribution in [-0.2, 0) is 11.0 Å². The lowest BCUT2D eigenvalue weighted by Gasteiger charge is -2.12. The highest BCUT2D eigenvalue weighted by atomic mass is 19.4. The molecule has 0 unspecified atom stereocenters. The van der Waals surface area contributed by atoms with Crippen molar-refractivity contribution in [1.82, 2.24) is 10.6 Å². The van der Waals surface area contributed by atoms with Crippen molar-refractivity contribution >= 4 is 11.8 Å². The number of nitrogens with one attached hydrogen (secondary N) is 2. The van der Waals surface area contributed by atoms with E-state index < -0.39 is 17.6 Å². The first-order valence-corrected chi connectivity index (χ1v) is 5.61. The smallest absolute Gasteiger partial charge is 0.354 e. The molecular weight excluding hydrogens is 261 g/mol. The van der Waals surface area contributed by atoms with Gasteiger partial charge in [0.25, 0.3) is 5.91 Å². The molecule has 1 aromatic rings. The van der Waals surface area contributed by atoms with E-state index in [1.807, 2.05) is 0 Å². The fourth-order valence-electron chi connectivity index (χ4n) is 1.81. The van der Waals surface area contributed by atoms with Crippen LogP contribution in [0.1, 0.15) is 22.3 Å². The van der Waals surface area contributed by atoms with Crippen molar-refractivity contribution in [2.45, 2.75) is 18.6 Å². The summed E-state index contributed by atoms with van der Waals surface area (Å²) in [7, 11) is 0. The normalized spacial score (nSPS) is 19.1. The van der Waals surface area contributed by atoms with Gasteiger partial charge in [0.15, 0.2) is 0 Å². The molecule has 0 spiro atoms. The van der Waals surface area contributed by atoms with Crippen molar-refractivity contribution in [2.75, 3.05) is 6.54 Å². The van der Waals surface area contributed by atoms with Crippen LogP contribution < -0.4 is 10.6 Å². The minimum Gasteiger partial charge on any atom is -0.354 e. The summed E-state index contributed by atoms with van der Waals surface area (Å²) >= 11 is 0. The Morgan fingerprint density at radius 3 is 2.68 bits per heavy atom. The number of hydrogen-bond acceptors (Lipinski definition) is 2. The van der Waals surface area contributed by atoms with Crippen LogP contribution in [0.5, 0.6) is 0 Å². The van der Waals surface area contributed by atoms with Crippen molar-refractivity contribution in [3.63, 3.8) is 0 Å². The van der Waals surface area contributed by atoms with Gasteiger partial charge in [0.05, 0.1) is 11.6 Å². The van der Waals surface area contributed by atoms with E-state index in [1.54, 1.807) is 0 Å². The number of halogens is 3. The summed E-state index contributed by atoms with van der Waals surface area (Å²) in [5.41, 5.74) is -0.949. The van der Waals surface area contributed by atoms with Crippen LogP contribution in [0, 0.1) is 0 Å². The van der Waals surface area contributed by atoms with Gasteiger partial charge in [-0.3, -0.25) is 9.59 Å². The molecule has 102 valence electrons. The predicted molar refractivity (Wildman–Crippen MR) is 60.3 cm³/mol. The maximum Gasteiger partial charge on any atom is 0.416 e. The number of hydrogen-bond donors (Lipinski definition) is 2. The van der Waals surface area contributed by atoms with Crippen LogP contribution in [0.3, 0.4) is 0 Å². The third kappa shape index (κ3) is 3.24. The molecule has 7 heteroatoms. The Bertz CT molecular complexity index is 514. The second kappa shape index (κ2) is 4.91. The summed E-state index contributed by atoms with van der Waals surface area (Å²) in [5, 5.41) is 5.04. The summed E-state index contributed by atoms with van der Waals surface area (Å²) in [6.07, 6.45) is -4.34. The Morgan fingerprint density at radius 2 is 2.11 bits per heavy atom. The lowest BCUT2D eigenvalue weighted by atomic mass is 10.1. The molecule has 0 radical (unpaired) electrons. The second-order valence-electron chi connectivity index (χ2n) is 4.26. The average molecular weight is 272 g/mol. The first-order chi connectivity index (χ1) is 8.86. The summed E-state index contributed by atoms with van der Waals surface area (Å²) in [6, 6.07) is 3.79. The zero-order chi connectivity index (χ0) is 14.0. The van der Waals surface area contributed by atoms with Crippen LogP contribution in [0.15, 0.2) is 24.3 Å². The van der Waals surface area contributed by atoms with E-state index in [0.29, 0.717) is 6.54 Å². The Kier molecular flexibility index (Phi) is 3.46. The van der Waals surface area contributed by atoms with Crippen LogP contribution in [0.2, 0.25) is 0 Å². The van der Waals surface area contributed by atoms with Gasteiger partial charge in [-0.1, -0.05) is 6.07 Å². The fraction of sp³-hybridized carbons (Fsp3) is 0.333. The topological polar surface area (TPSA) is 58.2 Å². The van der Waals surface area contributed by atoms with Gasteiger partial charge in [-0.15, -0.1) is 0 Å². The van der Waals surface area contributed by atoms with Gasteiger partial charge in [0.2, 0.25) is 5.91 Å². The number of amides is 2. The SMILES string of the molecule is O=C1C[C@H](NC(=O)c2cccc(C(F)(F)F)c2)CN1. The van der Waals surface area contributed by atoms with Crippen LogP contribution in [-0.4, -0.2) is 24.4 Å². The summed E-state index contributed by atoms with van der Waals surface area (Å²) < 4.78 is 37.5. The molecule has 0 aliphatic carbocycles. The highest BCUT2D eigenvalue weighted by Gasteiger charge is 2.31.